The van der Waals surface area contributed by atoms with E-state index in [2.05, 4.69) is 28.8 Å². The molecule has 6 heteroatoms. The van der Waals surface area contributed by atoms with Gasteiger partial charge in [-0.3, -0.25) is 9.82 Å². The Labute approximate surface area is 125 Å². The normalized spacial score (nSPS) is 11.9. The first-order valence-electron chi connectivity index (χ1n) is 6.93. The number of hydrogen-bond donors (Lipinski definition) is 2. The smallest absolute Gasteiger partial charge is 0.263 e. The zero-order valence-corrected chi connectivity index (χ0v) is 13.6. The van der Waals surface area contributed by atoms with Crippen LogP contribution < -0.4 is 4.72 Å². The maximum absolute atomic E-state index is 12.3. The summed E-state index contributed by atoms with van der Waals surface area (Å²) in [6.45, 7) is 7.94. The van der Waals surface area contributed by atoms with Gasteiger partial charge in [-0.2, -0.15) is 5.10 Å². The predicted octanol–water partition coefficient (Wildman–Crippen LogP) is 3.03. The summed E-state index contributed by atoms with van der Waals surface area (Å²) >= 11 is 0. The maximum Gasteiger partial charge on any atom is 0.263 e. The Balaban J connectivity index is 2.21. The van der Waals surface area contributed by atoms with Gasteiger partial charge in [-0.05, 0) is 43.9 Å². The Morgan fingerprint density at radius 1 is 1.19 bits per heavy atom. The van der Waals surface area contributed by atoms with Crippen LogP contribution in [-0.2, 0) is 16.4 Å². The Hall–Kier alpha value is -1.82. The molecule has 5 nitrogen and oxygen atoms in total. The lowest BCUT2D eigenvalue weighted by atomic mass is 10.0. The third kappa shape index (κ3) is 3.64. The van der Waals surface area contributed by atoms with Crippen LogP contribution >= 0.6 is 0 Å². The Morgan fingerprint density at radius 2 is 1.81 bits per heavy atom. The molecule has 2 rings (SSSR count). The van der Waals surface area contributed by atoms with E-state index in [0.717, 1.165) is 23.2 Å². The molecule has 0 aliphatic rings. The molecule has 114 valence electrons. The summed E-state index contributed by atoms with van der Waals surface area (Å²) in [5.74, 6) is 0.888. The third-order valence-corrected chi connectivity index (χ3v) is 4.72. The molecule has 0 radical (unpaired) electrons. The van der Waals surface area contributed by atoms with Gasteiger partial charge in [0.1, 0.15) is 0 Å². The topological polar surface area (TPSA) is 74.8 Å². The number of nitrogens with one attached hydrogen (secondary N) is 2. The first kappa shape index (κ1) is 15.6. The van der Waals surface area contributed by atoms with E-state index in [1.807, 2.05) is 26.0 Å². The highest BCUT2D eigenvalue weighted by atomic mass is 32.2. The van der Waals surface area contributed by atoms with Crippen molar-refractivity contribution in [3.05, 3.63) is 41.1 Å². The quantitative estimate of drug-likeness (QED) is 0.891. The first-order chi connectivity index (χ1) is 9.79. The molecule has 0 aliphatic carbocycles. The number of H-pyrrole nitrogens is 1. The van der Waals surface area contributed by atoms with E-state index in [1.165, 1.54) is 0 Å². The summed E-state index contributed by atoms with van der Waals surface area (Å²) in [4.78, 5) is 0.245. The van der Waals surface area contributed by atoms with Gasteiger partial charge in [0.05, 0.1) is 4.90 Å². The molecule has 2 aromatic rings. The molecule has 1 aromatic carbocycles. The molecule has 1 aromatic heterocycles. The largest absolute Gasteiger partial charge is 0.280 e. The Kier molecular flexibility index (Phi) is 4.37. The van der Waals surface area contributed by atoms with E-state index in [9.17, 15) is 8.42 Å². The summed E-state index contributed by atoms with van der Waals surface area (Å²) in [5.41, 5.74) is 2.78. The van der Waals surface area contributed by atoms with Crippen molar-refractivity contribution in [3.63, 3.8) is 0 Å². The minimum absolute atomic E-state index is 0.245. The molecule has 0 atom stereocenters. The van der Waals surface area contributed by atoms with Gasteiger partial charge < -0.3 is 0 Å². The van der Waals surface area contributed by atoms with Gasteiger partial charge in [-0.1, -0.05) is 26.0 Å². The summed E-state index contributed by atoms with van der Waals surface area (Å²) < 4.78 is 27.2. The number of rotatable bonds is 5. The second kappa shape index (κ2) is 5.89. The van der Waals surface area contributed by atoms with Gasteiger partial charge in [0.15, 0.2) is 5.82 Å². The number of benzene rings is 1. The summed E-state index contributed by atoms with van der Waals surface area (Å²) in [7, 11) is -3.60. The summed E-state index contributed by atoms with van der Waals surface area (Å²) in [6.07, 6.45) is 0.936. The molecule has 0 amide bonds. The minimum Gasteiger partial charge on any atom is -0.280 e. The van der Waals surface area contributed by atoms with Crippen molar-refractivity contribution < 1.29 is 8.42 Å². The number of hydrogen-bond acceptors (Lipinski definition) is 3. The van der Waals surface area contributed by atoms with Crippen LogP contribution in [0.25, 0.3) is 0 Å². The van der Waals surface area contributed by atoms with Gasteiger partial charge in [0.2, 0.25) is 0 Å². The van der Waals surface area contributed by atoms with Crippen LogP contribution in [0.4, 0.5) is 5.82 Å². The van der Waals surface area contributed by atoms with E-state index in [-0.39, 0.29) is 4.90 Å². The van der Waals surface area contributed by atoms with Gasteiger partial charge in [-0.15, -0.1) is 0 Å². The van der Waals surface area contributed by atoms with E-state index in [0.29, 0.717) is 11.7 Å². The zero-order valence-electron chi connectivity index (χ0n) is 12.8. The van der Waals surface area contributed by atoms with Gasteiger partial charge in [0.25, 0.3) is 10.0 Å². The number of sulfonamides is 1. The second-order valence-corrected chi connectivity index (χ2v) is 7.35. The van der Waals surface area contributed by atoms with Crippen LogP contribution in [-0.4, -0.2) is 18.6 Å². The average molecular weight is 307 g/mol. The molecular weight excluding hydrogens is 286 g/mol. The average Bonchev–Trinajstić information content (AvgIpc) is 2.70. The molecule has 0 spiro atoms. The maximum atomic E-state index is 12.3. The molecular formula is C15H21N3O2S. The summed E-state index contributed by atoms with van der Waals surface area (Å²) in [6, 6.07) is 6.98. The van der Waals surface area contributed by atoms with E-state index < -0.39 is 10.0 Å². The van der Waals surface area contributed by atoms with Crippen LogP contribution in [0.1, 0.15) is 30.7 Å². The highest BCUT2D eigenvalue weighted by Gasteiger charge is 2.17. The van der Waals surface area contributed by atoms with E-state index >= 15 is 0 Å². The molecule has 0 saturated carbocycles. The van der Waals surface area contributed by atoms with Crippen LogP contribution in [0.2, 0.25) is 0 Å². The lowest BCUT2D eigenvalue weighted by molar-refractivity contribution is 0.601. The fraction of sp³-hybridized carbons (Fsp3) is 0.400. The zero-order chi connectivity index (χ0) is 15.6. The van der Waals surface area contributed by atoms with Crippen LogP contribution in [0.5, 0.6) is 0 Å². The molecule has 0 aliphatic heterocycles. The molecule has 0 bridgehead atoms. The molecule has 0 saturated heterocycles. The van der Waals surface area contributed by atoms with E-state index in [1.54, 1.807) is 12.1 Å². The molecule has 21 heavy (non-hydrogen) atoms. The van der Waals surface area contributed by atoms with Crippen LogP contribution in [0, 0.1) is 19.8 Å². The van der Waals surface area contributed by atoms with Crippen LogP contribution in [0.15, 0.2) is 29.2 Å². The number of aromatic nitrogens is 2. The minimum atomic E-state index is -3.60. The standard InChI is InChI=1S/C15H21N3O2S/c1-10(2)9-13-5-7-14(8-6-13)21(19,20)18-15-11(3)12(4)16-17-15/h5-8,10H,9H2,1-4H3,(H2,16,17,18). The fourth-order valence-electron chi connectivity index (χ4n) is 2.05. The van der Waals surface area contributed by atoms with Gasteiger partial charge in [0, 0.05) is 11.3 Å². The van der Waals surface area contributed by atoms with Crippen molar-refractivity contribution in [2.75, 3.05) is 4.72 Å². The van der Waals surface area contributed by atoms with Crippen molar-refractivity contribution in [2.45, 2.75) is 39.0 Å². The SMILES string of the molecule is Cc1[nH]nc(NS(=O)(=O)c2ccc(CC(C)C)cc2)c1C. The van der Waals surface area contributed by atoms with E-state index in [4.69, 9.17) is 0 Å². The Morgan fingerprint density at radius 3 is 2.29 bits per heavy atom. The highest BCUT2D eigenvalue weighted by molar-refractivity contribution is 7.92. The lowest BCUT2D eigenvalue weighted by Crippen LogP contribution is -2.14. The van der Waals surface area contributed by atoms with Crippen molar-refractivity contribution in [2.24, 2.45) is 5.92 Å². The number of nitrogens with zero attached hydrogens (tertiary/aromatic N) is 1. The number of anilines is 1. The molecule has 0 unspecified atom stereocenters. The van der Waals surface area contributed by atoms with Crippen molar-refractivity contribution in [1.29, 1.82) is 0 Å². The Bertz CT molecular complexity index is 716. The fourth-order valence-corrected chi connectivity index (χ4v) is 3.11. The van der Waals surface area contributed by atoms with Crippen molar-refractivity contribution in [3.8, 4) is 0 Å². The monoisotopic (exact) mass is 307 g/mol. The second-order valence-electron chi connectivity index (χ2n) is 5.67. The van der Waals surface area contributed by atoms with Crippen molar-refractivity contribution >= 4 is 15.8 Å². The van der Waals surface area contributed by atoms with Gasteiger partial charge in [-0.25, -0.2) is 8.42 Å². The predicted molar refractivity (Wildman–Crippen MR) is 83.9 cm³/mol. The number of aryl methyl sites for hydroxylation is 1. The van der Waals surface area contributed by atoms with Gasteiger partial charge >= 0.3 is 0 Å². The molecule has 1 heterocycles. The molecule has 0 fully saturated rings. The highest BCUT2D eigenvalue weighted by Crippen LogP contribution is 2.20. The molecule has 2 N–H and O–H groups in total. The van der Waals surface area contributed by atoms with Crippen LogP contribution in [0.3, 0.4) is 0 Å². The first-order valence-corrected chi connectivity index (χ1v) is 8.41. The third-order valence-electron chi connectivity index (χ3n) is 3.36. The van der Waals surface area contributed by atoms with Crippen molar-refractivity contribution in [1.82, 2.24) is 10.2 Å². The lowest BCUT2D eigenvalue weighted by Gasteiger charge is -2.08. The number of aromatic amines is 1. The summed E-state index contributed by atoms with van der Waals surface area (Å²) in [5, 5.41) is 6.73.